The number of esters is 1. The van der Waals surface area contributed by atoms with Gasteiger partial charge in [0.2, 0.25) is 0 Å². The zero-order valence-corrected chi connectivity index (χ0v) is 47.0. The number of phosphoric ester groups is 1. The molecule has 0 aromatic rings. The summed E-state index contributed by atoms with van der Waals surface area (Å²) in [7, 11) is 1.68. The van der Waals surface area contributed by atoms with E-state index in [1.807, 2.05) is 21.1 Å². The summed E-state index contributed by atoms with van der Waals surface area (Å²) in [5, 5.41) is 0. The molecule has 2 atom stereocenters. The molecule has 0 aromatic heterocycles. The molecular weight excluding hydrogens is 866 g/mol. The Hall–Kier alpha value is -1.02. The van der Waals surface area contributed by atoms with E-state index in [1.54, 1.807) is 0 Å². The molecule has 0 aliphatic carbocycles. The maximum atomic E-state index is 12.8. The van der Waals surface area contributed by atoms with E-state index in [2.05, 4.69) is 38.2 Å². The fraction of sp³-hybridized carbons (Fsp3) is 0.915. The Morgan fingerprint density at radius 1 is 0.456 bits per heavy atom. The van der Waals surface area contributed by atoms with Crippen molar-refractivity contribution in [2.45, 2.75) is 296 Å². The molecule has 0 bridgehead atoms. The van der Waals surface area contributed by atoms with Crippen LogP contribution in [0.25, 0.3) is 0 Å². The van der Waals surface area contributed by atoms with Gasteiger partial charge in [0.05, 0.1) is 34.4 Å². The minimum Gasteiger partial charge on any atom is -0.457 e. The van der Waals surface area contributed by atoms with Gasteiger partial charge in [0, 0.05) is 13.0 Å². The largest absolute Gasteiger partial charge is 0.472 e. The third kappa shape index (κ3) is 55.9. The predicted octanol–water partition coefficient (Wildman–Crippen LogP) is 18.7. The summed E-state index contributed by atoms with van der Waals surface area (Å²) >= 11 is 0. The van der Waals surface area contributed by atoms with Crippen molar-refractivity contribution in [2.75, 3.05) is 54.1 Å². The highest BCUT2D eigenvalue weighted by molar-refractivity contribution is 7.47. The second-order valence-electron chi connectivity index (χ2n) is 21.4. The van der Waals surface area contributed by atoms with Gasteiger partial charge in [-0.15, -0.1) is 0 Å². The topological polar surface area (TPSA) is 91.3 Å². The fourth-order valence-corrected chi connectivity index (χ4v) is 9.45. The molecule has 8 nitrogen and oxygen atoms in total. The molecule has 2 unspecified atom stereocenters. The van der Waals surface area contributed by atoms with E-state index in [1.165, 1.54) is 231 Å². The molecule has 0 heterocycles. The molecule has 404 valence electrons. The number of hydrogen-bond acceptors (Lipinski definition) is 6. The normalized spacial score (nSPS) is 13.6. The van der Waals surface area contributed by atoms with E-state index < -0.39 is 13.9 Å². The van der Waals surface area contributed by atoms with Crippen LogP contribution in [-0.4, -0.2) is 75.6 Å². The molecule has 0 aliphatic heterocycles. The van der Waals surface area contributed by atoms with Crippen molar-refractivity contribution in [2.24, 2.45) is 0 Å². The number of ether oxygens (including phenoxy) is 2. The number of rotatable bonds is 56. The Labute approximate surface area is 423 Å². The van der Waals surface area contributed by atoms with Crippen molar-refractivity contribution in [3.05, 3.63) is 24.3 Å². The lowest BCUT2D eigenvalue weighted by molar-refractivity contribution is -0.870. The van der Waals surface area contributed by atoms with Gasteiger partial charge < -0.3 is 18.9 Å². The first-order chi connectivity index (χ1) is 33.1. The predicted molar refractivity (Wildman–Crippen MR) is 293 cm³/mol. The van der Waals surface area contributed by atoms with Gasteiger partial charge in [-0.1, -0.05) is 263 Å². The van der Waals surface area contributed by atoms with Crippen molar-refractivity contribution >= 4 is 13.8 Å². The maximum Gasteiger partial charge on any atom is 0.472 e. The van der Waals surface area contributed by atoms with Gasteiger partial charge in [0.15, 0.2) is 0 Å². The van der Waals surface area contributed by atoms with Gasteiger partial charge in [-0.3, -0.25) is 13.8 Å². The summed E-state index contributed by atoms with van der Waals surface area (Å²) in [6.07, 6.45) is 63.9. The highest BCUT2D eigenvalue weighted by Crippen LogP contribution is 2.43. The summed E-state index contributed by atoms with van der Waals surface area (Å²) in [6.45, 7) is 5.69. The summed E-state index contributed by atoms with van der Waals surface area (Å²) in [4.78, 5) is 23.1. The monoisotopic (exact) mass is 983 g/mol. The molecule has 0 aromatic carbocycles. The number of carbonyl (C=O) groups excluding carboxylic acids is 1. The first-order valence-corrected chi connectivity index (χ1v) is 31.1. The lowest BCUT2D eigenvalue weighted by Crippen LogP contribution is -2.37. The zero-order chi connectivity index (χ0) is 49.8. The molecule has 0 saturated carbocycles. The van der Waals surface area contributed by atoms with E-state index in [0.717, 1.165) is 38.5 Å². The Morgan fingerprint density at radius 3 is 1.19 bits per heavy atom. The lowest BCUT2D eigenvalue weighted by Gasteiger charge is -2.24. The van der Waals surface area contributed by atoms with Crippen LogP contribution in [0, 0.1) is 0 Å². The average Bonchev–Trinajstić information content (AvgIpc) is 3.30. The molecule has 0 radical (unpaired) electrons. The van der Waals surface area contributed by atoms with Gasteiger partial charge >= 0.3 is 13.8 Å². The molecule has 0 fully saturated rings. The van der Waals surface area contributed by atoms with E-state index in [9.17, 15) is 14.3 Å². The number of unbranched alkanes of at least 4 members (excludes halogenated alkanes) is 38. The van der Waals surface area contributed by atoms with Crippen molar-refractivity contribution in [3.63, 3.8) is 0 Å². The van der Waals surface area contributed by atoms with Crippen LogP contribution in [0.1, 0.15) is 290 Å². The molecule has 0 saturated heterocycles. The number of carbonyl (C=O) groups is 1. The number of quaternary nitrogens is 1. The average molecular weight is 984 g/mol. The number of hydrogen-bond donors (Lipinski definition) is 1. The van der Waals surface area contributed by atoms with Crippen molar-refractivity contribution in [3.8, 4) is 0 Å². The van der Waals surface area contributed by atoms with Gasteiger partial charge in [0.25, 0.3) is 0 Å². The van der Waals surface area contributed by atoms with Crippen LogP contribution in [0.5, 0.6) is 0 Å². The van der Waals surface area contributed by atoms with Gasteiger partial charge in [0.1, 0.15) is 19.3 Å². The minimum absolute atomic E-state index is 0.0915. The van der Waals surface area contributed by atoms with Crippen molar-refractivity contribution < 1.29 is 37.3 Å². The Bertz CT molecular complexity index is 1140. The van der Waals surface area contributed by atoms with E-state index in [-0.39, 0.29) is 25.8 Å². The summed E-state index contributed by atoms with van der Waals surface area (Å²) in [5.74, 6) is -0.307. The zero-order valence-electron chi connectivity index (χ0n) is 46.1. The smallest absolute Gasteiger partial charge is 0.457 e. The van der Waals surface area contributed by atoms with Gasteiger partial charge in [-0.2, -0.15) is 0 Å². The summed E-state index contributed by atoms with van der Waals surface area (Å²) in [6, 6.07) is 0. The van der Waals surface area contributed by atoms with E-state index in [0.29, 0.717) is 24.1 Å². The van der Waals surface area contributed by atoms with Crippen LogP contribution < -0.4 is 0 Å². The molecule has 0 amide bonds. The molecule has 0 spiro atoms. The second-order valence-corrected chi connectivity index (χ2v) is 22.8. The number of allylic oxidation sites excluding steroid dienone is 4. The fourth-order valence-electron chi connectivity index (χ4n) is 8.71. The third-order valence-electron chi connectivity index (χ3n) is 13.3. The van der Waals surface area contributed by atoms with Gasteiger partial charge in [-0.25, -0.2) is 4.57 Å². The van der Waals surface area contributed by atoms with Crippen LogP contribution in [0.3, 0.4) is 0 Å². The third-order valence-corrected chi connectivity index (χ3v) is 14.2. The highest BCUT2D eigenvalue weighted by atomic mass is 31.2. The van der Waals surface area contributed by atoms with Crippen LogP contribution in [-0.2, 0) is 27.9 Å². The highest BCUT2D eigenvalue weighted by Gasteiger charge is 2.26. The maximum absolute atomic E-state index is 12.8. The first kappa shape index (κ1) is 67.0. The molecule has 1 N–H and O–H groups in total. The lowest BCUT2D eigenvalue weighted by atomic mass is 10.0. The second kappa shape index (κ2) is 52.3. The molecular formula is C59H117NO7P+. The molecule has 9 heteroatoms. The summed E-state index contributed by atoms with van der Waals surface area (Å²) in [5.41, 5.74) is 0. The van der Waals surface area contributed by atoms with Crippen LogP contribution >= 0.6 is 7.82 Å². The quantitative estimate of drug-likeness (QED) is 0.0213. The van der Waals surface area contributed by atoms with E-state index in [4.69, 9.17) is 18.5 Å². The van der Waals surface area contributed by atoms with Crippen molar-refractivity contribution in [1.82, 2.24) is 0 Å². The Balaban J connectivity index is 4.02. The van der Waals surface area contributed by atoms with E-state index >= 15 is 0 Å². The number of likely N-dealkylation sites (N-methyl/N-ethyl adjacent to an activating group) is 1. The first-order valence-electron chi connectivity index (χ1n) is 29.6. The standard InChI is InChI=1S/C59H116NO7P/c1-6-8-10-12-14-16-18-20-22-24-26-28-29-30-31-32-34-36-38-40-42-44-46-48-50-52-59(61)67-58(57-66-68(62,63)65-55-53-60(3,4)5)56-64-54-51-49-47-45-43-41-39-37-35-33-27-25-23-21-19-17-15-13-11-9-7-2/h18,20,24,26,58H,6-17,19,21-23,25,27-57H2,1-5H3/p+1/b20-18-,26-24-. The Morgan fingerprint density at radius 2 is 0.809 bits per heavy atom. The number of phosphoric acid groups is 1. The molecule has 0 rings (SSSR count). The minimum atomic E-state index is -4.28. The van der Waals surface area contributed by atoms with Crippen LogP contribution in [0.2, 0.25) is 0 Å². The SMILES string of the molecule is CCCCCCC/C=C\C/C=C\CCCCCCCCCCCCCCCC(=O)OC(COCCCCCCCCCCCCCCCCCCCCCCC)COP(=O)(O)OCC[N+](C)(C)C. The summed E-state index contributed by atoms with van der Waals surface area (Å²) < 4.78 is 35.3. The van der Waals surface area contributed by atoms with Gasteiger partial charge in [-0.05, 0) is 44.9 Å². The van der Waals surface area contributed by atoms with Crippen LogP contribution in [0.15, 0.2) is 24.3 Å². The Kier molecular flexibility index (Phi) is 51.5. The molecule has 68 heavy (non-hydrogen) atoms. The number of nitrogens with zero attached hydrogens (tertiary/aromatic N) is 1. The van der Waals surface area contributed by atoms with Crippen LogP contribution in [0.4, 0.5) is 0 Å². The molecule has 0 aliphatic rings. The van der Waals surface area contributed by atoms with Crippen molar-refractivity contribution in [1.29, 1.82) is 0 Å².